The molecule has 0 spiro atoms. The van der Waals surface area contributed by atoms with Gasteiger partial charge in [-0.15, -0.1) is 0 Å². The quantitative estimate of drug-likeness (QED) is 0.807. The summed E-state index contributed by atoms with van der Waals surface area (Å²) in [7, 11) is 6.48. The second-order valence-corrected chi connectivity index (χ2v) is 6.68. The number of ether oxygens (including phenoxy) is 1. The molecule has 2 saturated heterocycles. The molecule has 2 atom stereocenters. The summed E-state index contributed by atoms with van der Waals surface area (Å²) in [6.45, 7) is 6.63. The van der Waals surface area contributed by atoms with Crippen LogP contribution in [0.15, 0.2) is 0 Å². The number of nitrogens with zero attached hydrogens (tertiary/aromatic N) is 2. The minimum atomic E-state index is 0.335. The topological polar surface area (TPSA) is 27.7 Å². The standard InChI is InChI=1S/C15H31N3O/c1-16-11-15(7-5-9-19-13-15)12-18-8-4-6-14(10-18)17(2)3/h14,16H,4-13H2,1-3H3. The van der Waals surface area contributed by atoms with E-state index in [0.29, 0.717) is 5.41 Å². The van der Waals surface area contributed by atoms with E-state index in [2.05, 4.69) is 36.3 Å². The van der Waals surface area contributed by atoms with E-state index < -0.39 is 0 Å². The molecule has 112 valence electrons. The average Bonchev–Trinajstić information content (AvgIpc) is 2.40. The largest absolute Gasteiger partial charge is 0.381 e. The molecule has 0 aromatic carbocycles. The van der Waals surface area contributed by atoms with Crippen LogP contribution in [0.3, 0.4) is 0 Å². The van der Waals surface area contributed by atoms with Crippen molar-refractivity contribution in [1.29, 1.82) is 0 Å². The van der Waals surface area contributed by atoms with Gasteiger partial charge in [-0.1, -0.05) is 0 Å². The Morgan fingerprint density at radius 1 is 1.37 bits per heavy atom. The molecule has 4 heteroatoms. The second-order valence-electron chi connectivity index (χ2n) is 6.68. The fourth-order valence-electron chi connectivity index (χ4n) is 3.68. The van der Waals surface area contributed by atoms with Crippen LogP contribution >= 0.6 is 0 Å². The zero-order valence-corrected chi connectivity index (χ0v) is 13.0. The molecule has 2 unspecified atom stereocenters. The fraction of sp³-hybridized carbons (Fsp3) is 1.00. The van der Waals surface area contributed by atoms with E-state index in [-0.39, 0.29) is 0 Å². The summed E-state index contributed by atoms with van der Waals surface area (Å²) >= 11 is 0. The molecule has 2 heterocycles. The number of likely N-dealkylation sites (N-methyl/N-ethyl adjacent to an activating group) is 1. The van der Waals surface area contributed by atoms with E-state index in [1.807, 2.05) is 0 Å². The summed E-state index contributed by atoms with van der Waals surface area (Å²) in [5.41, 5.74) is 0.335. The van der Waals surface area contributed by atoms with Crippen LogP contribution in [-0.4, -0.2) is 76.4 Å². The van der Waals surface area contributed by atoms with Crippen molar-refractivity contribution in [3.8, 4) is 0 Å². The first-order valence-corrected chi connectivity index (χ1v) is 7.76. The Morgan fingerprint density at radius 2 is 2.21 bits per heavy atom. The zero-order valence-electron chi connectivity index (χ0n) is 13.0. The summed E-state index contributed by atoms with van der Waals surface area (Å²) in [5, 5.41) is 3.38. The van der Waals surface area contributed by atoms with E-state index in [1.165, 1.54) is 45.3 Å². The lowest BCUT2D eigenvalue weighted by Gasteiger charge is -2.44. The van der Waals surface area contributed by atoms with Crippen molar-refractivity contribution >= 4 is 0 Å². The molecule has 0 saturated carbocycles. The second kappa shape index (κ2) is 7.02. The molecular formula is C15H31N3O. The smallest absolute Gasteiger partial charge is 0.0546 e. The predicted molar refractivity (Wildman–Crippen MR) is 79.6 cm³/mol. The molecule has 1 N–H and O–H groups in total. The first-order valence-electron chi connectivity index (χ1n) is 7.76. The zero-order chi connectivity index (χ0) is 13.7. The summed E-state index contributed by atoms with van der Waals surface area (Å²) in [6, 6.07) is 0.727. The Morgan fingerprint density at radius 3 is 2.84 bits per heavy atom. The lowest BCUT2D eigenvalue weighted by Crippen LogP contribution is -2.53. The molecule has 0 amide bonds. The lowest BCUT2D eigenvalue weighted by molar-refractivity contribution is -0.0324. The van der Waals surface area contributed by atoms with Crippen LogP contribution in [-0.2, 0) is 4.74 Å². The van der Waals surface area contributed by atoms with Crippen molar-refractivity contribution in [3.63, 3.8) is 0 Å². The Balaban J connectivity index is 1.92. The minimum absolute atomic E-state index is 0.335. The molecule has 0 aliphatic carbocycles. The third-order valence-electron chi connectivity index (χ3n) is 4.73. The van der Waals surface area contributed by atoms with Gasteiger partial charge in [0.1, 0.15) is 0 Å². The molecule has 4 nitrogen and oxygen atoms in total. The van der Waals surface area contributed by atoms with Gasteiger partial charge in [-0.2, -0.15) is 0 Å². The van der Waals surface area contributed by atoms with Crippen molar-refractivity contribution < 1.29 is 4.74 Å². The molecule has 2 aliphatic heterocycles. The Bertz CT molecular complexity index is 259. The number of hydrogen-bond donors (Lipinski definition) is 1. The van der Waals surface area contributed by atoms with Crippen LogP contribution in [0.25, 0.3) is 0 Å². The van der Waals surface area contributed by atoms with Gasteiger partial charge in [-0.25, -0.2) is 0 Å². The maximum atomic E-state index is 5.78. The van der Waals surface area contributed by atoms with Crippen LogP contribution < -0.4 is 5.32 Å². The number of hydrogen-bond acceptors (Lipinski definition) is 4. The Labute approximate surface area is 118 Å². The minimum Gasteiger partial charge on any atom is -0.381 e. The molecule has 2 rings (SSSR count). The van der Waals surface area contributed by atoms with Gasteiger partial charge in [0.15, 0.2) is 0 Å². The number of piperidine rings is 1. The Kier molecular flexibility index (Phi) is 5.63. The number of rotatable bonds is 5. The summed E-state index contributed by atoms with van der Waals surface area (Å²) < 4.78 is 5.78. The Hall–Kier alpha value is -0.160. The van der Waals surface area contributed by atoms with Gasteiger partial charge in [0.2, 0.25) is 0 Å². The third-order valence-corrected chi connectivity index (χ3v) is 4.73. The van der Waals surface area contributed by atoms with Crippen LogP contribution in [0.5, 0.6) is 0 Å². The highest BCUT2D eigenvalue weighted by atomic mass is 16.5. The van der Waals surface area contributed by atoms with Crippen molar-refractivity contribution in [2.75, 3.05) is 60.5 Å². The molecule has 0 aromatic rings. The van der Waals surface area contributed by atoms with Crippen molar-refractivity contribution in [1.82, 2.24) is 15.1 Å². The highest BCUT2D eigenvalue weighted by molar-refractivity contribution is 4.89. The first kappa shape index (κ1) is 15.2. The van der Waals surface area contributed by atoms with Gasteiger partial charge in [0.05, 0.1) is 6.61 Å². The van der Waals surface area contributed by atoms with Gasteiger partial charge in [-0.3, -0.25) is 0 Å². The van der Waals surface area contributed by atoms with Crippen molar-refractivity contribution in [2.45, 2.75) is 31.7 Å². The fourth-order valence-corrected chi connectivity index (χ4v) is 3.68. The van der Waals surface area contributed by atoms with E-state index in [4.69, 9.17) is 4.74 Å². The van der Waals surface area contributed by atoms with Crippen LogP contribution in [0.4, 0.5) is 0 Å². The van der Waals surface area contributed by atoms with Gasteiger partial charge in [0, 0.05) is 37.7 Å². The third kappa shape index (κ3) is 4.15. The summed E-state index contributed by atoms with van der Waals surface area (Å²) in [6.07, 6.45) is 5.20. The van der Waals surface area contributed by atoms with Crippen LogP contribution in [0.1, 0.15) is 25.7 Å². The first-order chi connectivity index (χ1) is 9.15. The molecule has 2 aliphatic rings. The molecule has 0 bridgehead atoms. The average molecular weight is 269 g/mol. The monoisotopic (exact) mass is 269 g/mol. The van der Waals surface area contributed by atoms with Crippen molar-refractivity contribution in [2.24, 2.45) is 5.41 Å². The molecular weight excluding hydrogens is 238 g/mol. The molecule has 19 heavy (non-hydrogen) atoms. The maximum Gasteiger partial charge on any atom is 0.0546 e. The van der Waals surface area contributed by atoms with E-state index in [1.54, 1.807) is 0 Å². The SMILES string of the molecule is CNCC1(CN2CCCC(N(C)C)C2)CCCOC1. The van der Waals surface area contributed by atoms with E-state index in [0.717, 1.165) is 25.8 Å². The van der Waals surface area contributed by atoms with Gasteiger partial charge in [0.25, 0.3) is 0 Å². The summed E-state index contributed by atoms with van der Waals surface area (Å²) in [5.74, 6) is 0. The number of nitrogens with one attached hydrogen (secondary N) is 1. The highest BCUT2D eigenvalue weighted by Crippen LogP contribution is 2.30. The lowest BCUT2D eigenvalue weighted by atomic mass is 9.81. The molecule has 0 radical (unpaired) electrons. The van der Waals surface area contributed by atoms with Gasteiger partial charge in [-0.05, 0) is 53.4 Å². The van der Waals surface area contributed by atoms with Gasteiger partial charge < -0.3 is 19.9 Å². The number of likely N-dealkylation sites (tertiary alicyclic amines) is 1. The molecule has 0 aromatic heterocycles. The van der Waals surface area contributed by atoms with Gasteiger partial charge >= 0.3 is 0 Å². The van der Waals surface area contributed by atoms with E-state index >= 15 is 0 Å². The van der Waals surface area contributed by atoms with E-state index in [9.17, 15) is 0 Å². The highest BCUT2D eigenvalue weighted by Gasteiger charge is 2.35. The van der Waals surface area contributed by atoms with Crippen LogP contribution in [0.2, 0.25) is 0 Å². The summed E-state index contributed by atoms with van der Waals surface area (Å²) in [4.78, 5) is 5.05. The normalized spacial score (nSPS) is 33.8. The van der Waals surface area contributed by atoms with Crippen molar-refractivity contribution in [3.05, 3.63) is 0 Å². The molecule has 2 fully saturated rings. The van der Waals surface area contributed by atoms with Crippen LogP contribution in [0, 0.1) is 5.41 Å². The maximum absolute atomic E-state index is 5.78. The predicted octanol–water partition coefficient (Wildman–Crippen LogP) is 1.03.